The Bertz CT molecular complexity index is 4460. The summed E-state index contributed by atoms with van der Waals surface area (Å²) in [5, 5.41) is 32.0. The average Bonchev–Trinajstić information content (AvgIpc) is 4.16. The predicted molar refractivity (Wildman–Crippen MR) is 315 cm³/mol. The van der Waals surface area contributed by atoms with Crippen molar-refractivity contribution in [3.05, 3.63) is 132 Å². The largest absolute Gasteiger partial charge is 0.306 e. The standard InChI is InChI=1S/C56H20B10N4S2/c57-41-38(42(58)46(62)49(65)45(41)61)37-31(21-67)51(69-33-13-5-1-9-23(33)27-17-19-29-25-11-3-7-15-35(25)71-55(29)53(27)69)40(39-43(59)47(63)50(66)48(64)44(39)60)52(32(37)22-68)70-34-14-6-2-10-24(34)28-18-20-30-26-12-4-8-16-36(26)72-56(30)54(28)70/h1-20H. The topological polar surface area (TPSA) is 57.4 Å². The number of nitriles is 2. The molecule has 0 fully saturated rings. The van der Waals surface area contributed by atoms with Crippen LogP contribution in [0.2, 0.25) is 0 Å². The first-order valence-electron chi connectivity index (χ1n) is 22.6. The molecule has 306 valence electrons. The van der Waals surface area contributed by atoms with Crippen molar-refractivity contribution >= 4 is 240 Å². The Morgan fingerprint density at radius 3 is 1.03 bits per heavy atom. The highest BCUT2D eigenvalue weighted by Gasteiger charge is 2.35. The molecular weight excluding hydrogens is 901 g/mol. The molecule has 0 amide bonds. The van der Waals surface area contributed by atoms with E-state index in [9.17, 15) is 10.5 Å². The Kier molecular flexibility index (Phi) is 9.96. The van der Waals surface area contributed by atoms with Gasteiger partial charge in [0.2, 0.25) is 0 Å². The molecule has 0 aliphatic heterocycles. The van der Waals surface area contributed by atoms with Gasteiger partial charge in [0.1, 0.15) is 90.6 Å². The first kappa shape index (κ1) is 44.6. The second kappa shape index (κ2) is 16.1. The van der Waals surface area contributed by atoms with Gasteiger partial charge in [-0.15, -0.1) is 55.5 Å². The highest BCUT2D eigenvalue weighted by molar-refractivity contribution is 7.27. The molecule has 0 unspecified atom stereocenters. The summed E-state index contributed by atoms with van der Waals surface area (Å²) in [6.45, 7) is 0. The van der Waals surface area contributed by atoms with Gasteiger partial charge in [-0.05, 0) is 35.4 Å². The van der Waals surface area contributed by atoms with E-state index in [1.807, 2.05) is 81.9 Å². The van der Waals surface area contributed by atoms with Crippen LogP contribution in [0.15, 0.2) is 121 Å². The molecule has 9 aromatic carbocycles. The fourth-order valence-electron chi connectivity index (χ4n) is 11.0. The lowest BCUT2D eigenvalue weighted by molar-refractivity contribution is 1.13. The van der Waals surface area contributed by atoms with E-state index < -0.39 is 0 Å². The fraction of sp³-hybridized carbons (Fsp3) is 0. The number of rotatable bonds is 4. The summed E-state index contributed by atoms with van der Waals surface area (Å²) in [5.41, 5.74) is 3.31. The van der Waals surface area contributed by atoms with Crippen molar-refractivity contribution in [2.75, 3.05) is 0 Å². The van der Waals surface area contributed by atoms with E-state index in [0.29, 0.717) is 11.0 Å². The zero-order valence-corrected chi connectivity index (χ0v) is 39.6. The van der Waals surface area contributed by atoms with Crippen LogP contribution >= 0.6 is 22.7 Å². The molecule has 72 heavy (non-hydrogen) atoms. The van der Waals surface area contributed by atoms with Gasteiger partial charge in [0.15, 0.2) is 0 Å². The number of thiophene rings is 2. The van der Waals surface area contributed by atoms with Crippen molar-refractivity contribution in [2.45, 2.75) is 0 Å². The maximum atomic E-state index is 12.2. The molecule has 0 aliphatic carbocycles. The second-order valence-electron chi connectivity index (χ2n) is 17.9. The Balaban J connectivity index is 1.41. The fourth-order valence-corrected chi connectivity index (χ4v) is 13.5. The zero-order valence-electron chi connectivity index (χ0n) is 37.9. The van der Waals surface area contributed by atoms with E-state index in [-0.39, 0.29) is 99.4 Å². The van der Waals surface area contributed by atoms with Crippen LogP contribution in [0.4, 0.5) is 0 Å². The van der Waals surface area contributed by atoms with Gasteiger partial charge in [0.05, 0.1) is 54.0 Å². The number of para-hydroxylation sites is 2. The third kappa shape index (κ3) is 5.80. The maximum Gasteiger partial charge on any atom is 0.113 e. The average molecular weight is 921 g/mol. The van der Waals surface area contributed by atoms with Crippen LogP contribution in [0.1, 0.15) is 11.1 Å². The second-order valence-corrected chi connectivity index (χ2v) is 20.0. The molecule has 0 atom stereocenters. The van der Waals surface area contributed by atoms with E-state index in [2.05, 4.69) is 60.7 Å². The minimum absolute atomic E-state index is 0.0180. The number of hydrogen-bond acceptors (Lipinski definition) is 4. The summed E-state index contributed by atoms with van der Waals surface area (Å²) in [7, 11) is 68.9. The van der Waals surface area contributed by atoms with Crippen LogP contribution in [0, 0.1) is 22.7 Å². The highest BCUT2D eigenvalue weighted by atomic mass is 32.1. The Morgan fingerprint density at radius 1 is 0.319 bits per heavy atom. The molecule has 4 nitrogen and oxygen atoms in total. The molecule has 4 heterocycles. The van der Waals surface area contributed by atoms with E-state index in [4.69, 9.17) is 78.5 Å². The van der Waals surface area contributed by atoms with Gasteiger partial charge < -0.3 is 9.13 Å². The maximum absolute atomic E-state index is 12.2. The third-order valence-corrected chi connectivity index (χ3v) is 16.8. The van der Waals surface area contributed by atoms with Gasteiger partial charge in [-0.3, -0.25) is 0 Å². The number of nitrogens with zero attached hydrogens (tertiary/aromatic N) is 4. The zero-order chi connectivity index (χ0) is 49.8. The molecule has 13 rings (SSSR count). The summed E-state index contributed by atoms with van der Waals surface area (Å²) >= 11 is 3.24. The van der Waals surface area contributed by atoms with E-state index in [1.165, 1.54) is 0 Å². The third-order valence-electron chi connectivity index (χ3n) is 14.4. The number of benzene rings is 9. The molecule has 0 saturated carbocycles. The van der Waals surface area contributed by atoms with Gasteiger partial charge in [0, 0.05) is 63.6 Å². The molecule has 16 heteroatoms. The number of aromatic nitrogens is 2. The van der Waals surface area contributed by atoms with Gasteiger partial charge in [-0.1, -0.05) is 119 Å². The number of fused-ring (bicyclic) bond motifs is 14. The Labute approximate surface area is 434 Å². The molecule has 0 bridgehead atoms. The van der Waals surface area contributed by atoms with Crippen LogP contribution in [-0.4, -0.2) is 87.6 Å². The number of hydrogen-bond donors (Lipinski definition) is 0. The minimum atomic E-state index is -0.0833. The van der Waals surface area contributed by atoms with E-state index in [1.54, 1.807) is 22.7 Å². The first-order chi connectivity index (χ1) is 34.9. The van der Waals surface area contributed by atoms with Crippen LogP contribution in [0.5, 0.6) is 0 Å². The van der Waals surface area contributed by atoms with Gasteiger partial charge in [-0.25, -0.2) is 0 Å². The van der Waals surface area contributed by atoms with Gasteiger partial charge in [-0.2, -0.15) is 10.5 Å². The Hall–Kier alpha value is -7.35. The highest BCUT2D eigenvalue weighted by Crippen LogP contribution is 2.51. The van der Waals surface area contributed by atoms with Gasteiger partial charge >= 0.3 is 0 Å². The van der Waals surface area contributed by atoms with Crippen molar-refractivity contribution in [1.29, 1.82) is 10.5 Å². The summed E-state index contributed by atoms with van der Waals surface area (Å²) < 4.78 is 8.05. The smallest absolute Gasteiger partial charge is 0.113 e. The summed E-state index contributed by atoms with van der Waals surface area (Å²) in [4.78, 5) is 0. The molecular formula is C56H20B10N4S2. The lowest BCUT2D eigenvalue weighted by Gasteiger charge is -2.31. The molecule has 4 aromatic heterocycles. The first-order valence-corrected chi connectivity index (χ1v) is 24.3. The SMILES string of the molecule is [B]c1c([B])c([B])c(-c2c(C#N)c(-n3c4ccccc4c4ccc5c6ccccc6sc5c43)c(-c3c([B])c([B])c([B])c([B])c3[B])c(-n3c4ccccc4c4ccc5c6ccccc6sc5c43)c2C#N)c([B])c1[B]. The lowest BCUT2D eigenvalue weighted by Crippen LogP contribution is -2.55. The molecule has 20 radical (unpaired) electrons. The summed E-state index contributed by atoms with van der Waals surface area (Å²) in [6.07, 6.45) is 0. The molecule has 0 aliphatic rings. The summed E-state index contributed by atoms with van der Waals surface area (Å²) in [5.74, 6) is 0. The minimum Gasteiger partial charge on any atom is -0.306 e. The van der Waals surface area contributed by atoms with Crippen LogP contribution in [0.25, 0.3) is 118 Å². The Morgan fingerprint density at radius 2 is 0.639 bits per heavy atom. The van der Waals surface area contributed by atoms with Crippen molar-refractivity contribution in [3.8, 4) is 45.8 Å². The van der Waals surface area contributed by atoms with Crippen LogP contribution < -0.4 is 54.6 Å². The van der Waals surface area contributed by atoms with Crippen molar-refractivity contribution in [3.63, 3.8) is 0 Å². The predicted octanol–water partition coefficient (Wildman–Crippen LogP) is 3.63. The van der Waals surface area contributed by atoms with Crippen LogP contribution in [-0.2, 0) is 0 Å². The van der Waals surface area contributed by atoms with Crippen LogP contribution in [0.3, 0.4) is 0 Å². The normalized spacial score (nSPS) is 11.9. The molecule has 0 saturated heterocycles. The molecule has 0 spiro atoms. The van der Waals surface area contributed by atoms with Crippen molar-refractivity contribution in [1.82, 2.24) is 9.13 Å². The summed E-state index contributed by atoms with van der Waals surface area (Å²) in [6, 6.07) is 45.8. The van der Waals surface area contributed by atoms with E-state index >= 15 is 0 Å². The van der Waals surface area contributed by atoms with Crippen molar-refractivity contribution in [2.24, 2.45) is 0 Å². The van der Waals surface area contributed by atoms with Gasteiger partial charge in [0.25, 0.3) is 0 Å². The van der Waals surface area contributed by atoms with Crippen molar-refractivity contribution < 1.29 is 0 Å². The molecule has 0 N–H and O–H groups in total. The van der Waals surface area contributed by atoms with E-state index in [0.717, 1.165) is 72.9 Å². The lowest BCUT2D eigenvalue weighted by atomic mass is 9.58. The molecule has 13 aromatic rings. The monoisotopic (exact) mass is 922 g/mol. The quantitative estimate of drug-likeness (QED) is 0.254.